The molecular formula is C14H22BrNO. The minimum absolute atomic E-state index is 0.320. The average Bonchev–Trinajstić information content (AvgIpc) is 2.18. The summed E-state index contributed by atoms with van der Waals surface area (Å²) in [7, 11) is 3.85. The summed E-state index contributed by atoms with van der Waals surface area (Å²) in [6.45, 7) is 8.75. The lowest BCUT2D eigenvalue weighted by Crippen LogP contribution is -2.28. The number of ether oxygens (including phenoxy) is 1. The number of halogens is 1. The fourth-order valence-electron chi connectivity index (χ4n) is 1.96. The second-order valence-electron chi connectivity index (χ2n) is 5.69. The molecule has 17 heavy (non-hydrogen) atoms. The van der Waals surface area contributed by atoms with Crippen LogP contribution in [0.2, 0.25) is 0 Å². The molecule has 3 heteroatoms. The first-order valence-corrected chi connectivity index (χ1v) is 6.62. The Bertz CT molecular complexity index is 371. The minimum Gasteiger partial charge on any atom is -0.497 e. The molecule has 1 aromatic carbocycles. The van der Waals surface area contributed by atoms with Crippen LogP contribution in [0.15, 0.2) is 22.7 Å². The fourth-order valence-corrected chi connectivity index (χ4v) is 2.33. The summed E-state index contributed by atoms with van der Waals surface area (Å²) in [5.41, 5.74) is 1.58. The minimum atomic E-state index is 0.320. The lowest BCUT2D eigenvalue weighted by molar-refractivity contribution is 0.220. The summed E-state index contributed by atoms with van der Waals surface area (Å²) >= 11 is 3.59. The van der Waals surface area contributed by atoms with E-state index in [4.69, 9.17) is 4.74 Å². The highest BCUT2D eigenvalue weighted by Crippen LogP contribution is 2.24. The maximum atomic E-state index is 5.25. The number of benzene rings is 1. The van der Waals surface area contributed by atoms with Crippen molar-refractivity contribution in [3.63, 3.8) is 0 Å². The molecular weight excluding hydrogens is 278 g/mol. The van der Waals surface area contributed by atoms with E-state index in [1.54, 1.807) is 7.11 Å². The van der Waals surface area contributed by atoms with Gasteiger partial charge in [-0.25, -0.2) is 0 Å². The molecule has 0 saturated carbocycles. The standard InChI is InChI=1S/C14H22BrNO/c1-14(2,3)10-16(4)9-11-8-12(17-5)6-7-13(11)15/h6-8H,9-10H2,1-5H3. The van der Waals surface area contributed by atoms with Crippen molar-refractivity contribution in [3.05, 3.63) is 28.2 Å². The Morgan fingerprint density at radius 3 is 2.47 bits per heavy atom. The molecule has 0 aliphatic rings. The zero-order valence-electron chi connectivity index (χ0n) is 11.4. The van der Waals surface area contributed by atoms with Crippen LogP contribution in [0.4, 0.5) is 0 Å². The molecule has 1 rings (SSSR count). The van der Waals surface area contributed by atoms with Gasteiger partial charge in [0.15, 0.2) is 0 Å². The molecule has 0 aliphatic heterocycles. The van der Waals surface area contributed by atoms with Gasteiger partial charge in [0.2, 0.25) is 0 Å². The third kappa shape index (κ3) is 5.09. The topological polar surface area (TPSA) is 12.5 Å². The van der Waals surface area contributed by atoms with Gasteiger partial charge in [0, 0.05) is 17.6 Å². The SMILES string of the molecule is COc1ccc(Br)c(CN(C)CC(C)(C)C)c1. The Balaban J connectivity index is 2.73. The van der Waals surface area contributed by atoms with Gasteiger partial charge in [-0.2, -0.15) is 0 Å². The Labute approximate surface area is 113 Å². The predicted octanol–water partition coefficient (Wildman–Crippen LogP) is 3.94. The van der Waals surface area contributed by atoms with Gasteiger partial charge < -0.3 is 9.64 Å². The number of methoxy groups -OCH3 is 1. The van der Waals surface area contributed by atoms with Crippen molar-refractivity contribution in [3.8, 4) is 5.75 Å². The van der Waals surface area contributed by atoms with Crippen LogP contribution in [0.1, 0.15) is 26.3 Å². The molecule has 0 heterocycles. The Kier molecular flexibility index (Phi) is 5.02. The molecule has 0 bridgehead atoms. The van der Waals surface area contributed by atoms with E-state index in [2.05, 4.69) is 54.7 Å². The largest absolute Gasteiger partial charge is 0.497 e. The van der Waals surface area contributed by atoms with Gasteiger partial charge in [-0.15, -0.1) is 0 Å². The van der Waals surface area contributed by atoms with Gasteiger partial charge in [-0.1, -0.05) is 36.7 Å². The number of nitrogens with zero attached hydrogens (tertiary/aromatic N) is 1. The summed E-state index contributed by atoms with van der Waals surface area (Å²) in [5.74, 6) is 0.910. The third-order valence-electron chi connectivity index (χ3n) is 2.44. The highest BCUT2D eigenvalue weighted by molar-refractivity contribution is 9.10. The molecule has 0 spiro atoms. The molecule has 1 aromatic rings. The second kappa shape index (κ2) is 5.87. The Morgan fingerprint density at radius 2 is 1.94 bits per heavy atom. The lowest BCUT2D eigenvalue weighted by Gasteiger charge is -2.26. The molecule has 0 fully saturated rings. The molecule has 0 N–H and O–H groups in total. The highest BCUT2D eigenvalue weighted by Gasteiger charge is 2.14. The van der Waals surface area contributed by atoms with Crippen LogP contribution in [0.5, 0.6) is 5.75 Å². The molecule has 0 saturated heterocycles. The first-order valence-electron chi connectivity index (χ1n) is 5.83. The predicted molar refractivity (Wildman–Crippen MR) is 76.5 cm³/mol. The molecule has 96 valence electrons. The van der Waals surface area contributed by atoms with Crippen LogP contribution in [-0.2, 0) is 6.54 Å². The van der Waals surface area contributed by atoms with Crippen molar-refractivity contribution in [1.82, 2.24) is 4.90 Å². The van der Waals surface area contributed by atoms with Gasteiger partial charge in [0.1, 0.15) is 5.75 Å². The van der Waals surface area contributed by atoms with Crippen LogP contribution < -0.4 is 4.74 Å². The fraction of sp³-hybridized carbons (Fsp3) is 0.571. The van der Waals surface area contributed by atoms with Crippen LogP contribution in [0.25, 0.3) is 0 Å². The maximum absolute atomic E-state index is 5.25. The van der Waals surface area contributed by atoms with Crippen LogP contribution in [0.3, 0.4) is 0 Å². The van der Waals surface area contributed by atoms with Crippen LogP contribution >= 0.6 is 15.9 Å². The molecule has 0 amide bonds. The monoisotopic (exact) mass is 299 g/mol. The van der Waals surface area contributed by atoms with E-state index in [9.17, 15) is 0 Å². The van der Waals surface area contributed by atoms with E-state index >= 15 is 0 Å². The summed E-state index contributed by atoms with van der Waals surface area (Å²) in [5, 5.41) is 0. The van der Waals surface area contributed by atoms with Crippen molar-refractivity contribution < 1.29 is 4.74 Å². The van der Waals surface area contributed by atoms with E-state index < -0.39 is 0 Å². The lowest BCUT2D eigenvalue weighted by atomic mass is 9.96. The van der Waals surface area contributed by atoms with Crippen molar-refractivity contribution in [2.45, 2.75) is 27.3 Å². The van der Waals surface area contributed by atoms with Gasteiger partial charge in [-0.05, 0) is 36.2 Å². The molecule has 0 aromatic heterocycles. The summed E-state index contributed by atoms with van der Waals surface area (Å²) < 4.78 is 6.39. The molecule has 0 aliphatic carbocycles. The van der Waals surface area contributed by atoms with Gasteiger partial charge in [-0.3, -0.25) is 0 Å². The van der Waals surface area contributed by atoms with E-state index in [-0.39, 0.29) is 0 Å². The van der Waals surface area contributed by atoms with Gasteiger partial charge >= 0.3 is 0 Å². The molecule has 0 unspecified atom stereocenters. The zero-order valence-corrected chi connectivity index (χ0v) is 13.0. The van der Waals surface area contributed by atoms with Crippen molar-refractivity contribution in [2.75, 3.05) is 20.7 Å². The van der Waals surface area contributed by atoms with E-state index in [1.807, 2.05) is 12.1 Å². The number of hydrogen-bond acceptors (Lipinski definition) is 2. The summed E-state index contributed by atoms with van der Waals surface area (Å²) in [4.78, 5) is 2.33. The second-order valence-corrected chi connectivity index (χ2v) is 6.54. The van der Waals surface area contributed by atoms with Crippen molar-refractivity contribution >= 4 is 15.9 Å². The first kappa shape index (κ1) is 14.5. The Hall–Kier alpha value is -0.540. The number of hydrogen-bond donors (Lipinski definition) is 0. The summed E-state index contributed by atoms with van der Waals surface area (Å²) in [6, 6.07) is 6.10. The van der Waals surface area contributed by atoms with Gasteiger partial charge in [0.25, 0.3) is 0 Å². The average molecular weight is 300 g/mol. The van der Waals surface area contributed by atoms with E-state index in [0.29, 0.717) is 5.41 Å². The van der Waals surface area contributed by atoms with Crippen LogP contribution in [0, 0.1) is 5.41 Å². The molecule has 0 radical (unpaired) electrons. The summed E-state index contributed by atoms with van der Waals surface area (Å²) in [6.07, 6.45) is 0. The number of rotatable bonds is 4. The van der Waals surface area contributed by atoms with Gasteiger partial charge in [0.05, 0.1) is 7.11 Å². The Morgan fingerprint density at radius 1 is 1.29 bits per heavy atom. The zero-order chi connectivity index (χ0) is 13.1. The molecule has 2 nitrogen and oxygen atoms in total. The van der Waals surface area contributed by atoms with Crippen molar-refractivity contribution in [1.29, 1.82) is 0 Å². The maximum Gasteiger partial charge on any atom is 0.119 e. The van der Waals surface area contributed by atoms with Crippen molar-refractivity contribution in [2.24, 2.45) is 5.41 Å². The quantitative estimate of drug-likeness (QED) is 0.835. The smallest absolute Gasteiger partial charge is 0.119 e. The van der Waals surface area contributed by atoms with Crippen LogP contribution in [-0.4, -0.2) is 25.6 Å². The normalized spacial score (nSPS) is 11.9. The first-order chi connectivity index (χ1) is 7.81. The van der Waals surface area contributed by atoms with E-state index in [0.717, 1.165) is 23.3 Å². The molecule has 0 atom stereocenters. The van der Waals surface area contributed by atoms with E-state index in [1.165, 1.54) is 5.56 Å². The third-order valence-corrected chi connectivity index (χ3v) is 3.21. The highest BCUT2D eigenvalue weighted by atomic mass is 79.9.